The second-order valence-corrected chi connectivity index (χ2v) is 7.07. The molecule has 1 atom stereocenters. The van der Waals surface area contributed by atoms with E-state index >= 15 is 0 Å². The van der Waals surface area contributed by atoms with Gasteiger partial charge in [-0.3, -0.25) is 0 Å². The van der Waals surface area contributed by atoms with Crippen molar-refractivity contribution >= 4 is 33.2 Å². The first kappa shape index (κ1) is 15.0. The van der Waals surface area contributed by atoms with Gasteiger partial charge in [0, 0.05) is 12.6 Å². The van der Waals surface area contributed by atoms with E-state index in [0.29, 0.717) is 5.92 Å². The van der Waals surface area contributed by atoms with E-state index in [9.17, 15) is 12.8 Å². The Morgan fingerprint density at radius 3 is 2.37 bits per heavy atom. The van der Waals surface area contributed by atoms with Gasteiger partial charge in [0.25, 0.3) is 0 Å². The van der Waals surface area contributed by atoms with E-state index in [-0.39, 0.29) is 27.5 Å². The zero-order chi connectivity index (χ0) is 14.2. The number of nitrogens with one attached hydrogen (secondary N) is 1. The number of sulfonamides is 1. The molecule has 0 radical (unpaired) electrons. The van der Waals surface area contributed by atoms with Crippen LogP contribution in [0.15, 0.2) is 17.0 Å². The Morgan fingerprint density at radius 2 is 1.89 bits per heavy atom. The molecule has 19 heavy (non-hydrogen) atoms. The van der Waals surface area contributed by atoms with E-state index in [2.05, 4.69) is 4.72 Å². The van der Waals surface area contributed by atoms with E-state index in [0.717, 1.165) is 25.0 Å². The van der Waals surface area contributed by atoms with Crippen molar-refractivity contribution in [1.29, 1.82) is 0 Å². The molecule has 1 aliphatic rings. The van der Waals surface area contributed by atoms with Gasteiger partial charge < -0.3 is 5.73 Å². The Morgan fingerprint density at radius 1 is 1.37 bits per heavy atom. The number of benzene rings is 1. The molecule has 1 saturated carbocycles. The van der Waals surface area contributed by atoms with Gasteiger partial charge in [-0.15, -0.1) is 0 Å². The molecule has 1 aromatic carbocycles. The molecule has 0 heterocycles. The molecule has 0 spiro atoms. The number of rotatable bonds is 5. The maximum atomic E-state index is 13.0. The van der Waals surface area contributed by atoms with E-state index in [1.165, 1.54) is 0 Å². The zero-order valence-corrected chi connectivity index (χ0v) is 12.2. The standard InChI is InChI=1S/C11H13Cl2FN2O2S/c12-8-3-7(14)4-9(13)11(8)19(17,18)16-5-10(15)6-1-2-6/h3-4,6,10,16H,1-2,5,15H2. The molecule has 4 nitrogen and oxygen atoms in total. The lowest BCUT2D eigenvalue weighted by molar-refractivity contribution is 0.547. The molecule has 0 saturated heterocycles. The Balaban J connectivity index is 2.19. The van der Waals surface area contributed by atoms with Crippen molar-refractivity contribution in [2.45, 2.75) is 23.8 Å². The fourth-order valence-corrected chi connectivity index (χ4v) is 4.01. The molecule has 1 unspecified atom stereocenters. The summed E-state index contributed by atoms with van der Waals surface area (Å²) in [6.07, 6.45) is 2.03. The molecule has 3 N–H and O–H groups in total. The van der Waals surface area contributed by atoms with Crippen molar-refractivity contribution in [1.82, 2.24) is 4.72 Å². The lowest BCUT2D eigenvalue weighted by Crippen LogP contribution is -2.38. The number of hydrogen-bond donors (Lipinski definition) is 2. The molecular weight excluding hydrogens is 314 g/mol. The number of nitrogens with two attached hydrogens (primary N) is 1. The van der Waals surface area contributed by atoms with Crippen LogP contribution in [-0.4, -0.2) is 21.0 Å². The van der Waals surface area contributed by atoms with Crippen LogP contribution >= 0.6 is 23.2 Å². The van der Waals surface area contributed by atoms with Gasteiger partial charge in [0.15, 0.2) is 0 Å². The van der Waals surface area contributed by atoms with Gasteiger partial charge in [-0.2, -0.15) is 0 Å². The number of halogens is 3. The minimum Gasteiger partial charge on any atom is -0.326 e. The third-order valence-electron chi connectivity index (χ3n) is 2.97. The Hall–Kier alpha value is -0.400. The van der Waals surface area contributed by atoms with Crippen LogP contribution in [0.2, 0.25) is 10.0 Å². The Labute approximate surface area is 121 Å². The summed E-state index contributed by atoms with van der Waals surface area (Å²) >= 11 is 11.5. The van der Waals surface area contributed by atoms with Crippen LogP contribution < -0.4 is 10.5 Å². The highest BCUT2D eigenvalue weighted by molar-refractivity contribution is 7.89. The van der Waals surface area contributed by atoms with Crippen molar-refractivity contribution < 1.29 is 12.8 Å². The average Bonchev–Trinajstić information content (AvgIpc) is 3.07. The fraction of sp³-hybridized carbons (Fsp3) is 0.455. The zero-order valence-electron chi connectivity index (χ0n) is 9.87. The van der Waals surface area contributed by atoms with Crippen molar-refractivity contribution in [3.05, 3.63) is 28.0 Å². The van der Waals surface area contributed by atoms with Gasteiger partial charge in [0.2, 0.25) is 10.0 Å². The summed E-state index contributed by atoms with van der Waals surface area (Å²) < 4.78 is 39.5. The van der Waals surface area contributed by atoms with Crippen molar-refractivity contribution in [3.63, 3.8) is 0 Å². The highest BCUT2D eigenvalue weighted by Crippen LogP contribution is 2.32. The SMILES string of the molecule is NC(CNS(=O)(=O)c1c(Cl)cc(F)cc1Cl)C1CC1. The van der Waals surface area contributed by atoms with Gasteiger partial charge in [0.1, 0.15) is 10.7 Å². The molecule has 0 aliphatic heterocycles. The molecule has 0 aromatic heterocycles. The Kier molecular flexibility index (Phi) is 4.37. The molecular formula is C11H13Cl2FN2O2S. The topological polar surface area (TPSA) is 72.2 Å². The van der Waals surface area contributed by atoms with Gasteiger partial charge in [0.05, 0.1) is 10.0 Å². The first-order valence-corrected chi connectivity index (χ1v) is 7.95. The minimum absolute atomic E-state index is 0.108. The average molecular weight is 327 g/mol. The summed E-state index contributed by atoms with van der Waals surface area (Å²) in [5.74, 6) is -0.328. The molecule has 2 rings (SSSR count). The summed E-state index contributed by atoms with van der Waals surface area (Å²) in [4.78, 5) is -0.319. The van der Waals surface area contributed by atoms with Crippen LogP contribution in [0.4, 0.5) is 4.39 Å². The van der Waals surface area contributed by atoms with Crippen molar-refractivity contribution in [3.8, 4) is 0 Å². The lowest BCUT2D eigenvalue weighted by Gasteiger charge is -2.13. The van der Waals surface area contributed by atoms with Gasteiger partial charge in [-0.05, 0) is 30.9 Å². The lowest BCUT2D eigenvalue weighted by atomic mass is 10.2. The van der Waals surface area contributed by atoms with Crippen molar-refractivity contribution in [2.24, 2.45) is 11.7 Å². The maximum absolute atomic E-state index is 13.0. The first-order chi connectivity index (χ1) is 8.81. The van der Waals surface area contributed by atoms with E-state index in [1.54, 1.807) is 0 Å². The third-order valence-corrected chi connectivity index (χ3v) is 5.31. The highest BCUT2D eigenvalue weighted by atomic mass is 35.5. The molecule has 0 bridgehead atoms. The molecule has 0 amide bonds. The summed E-state index contributed by atoms with van der Waals surface area (Å²) in [6, 6.07) is 1.58. The maximum Gasteiger partial charge on any atom is 0.243 e. The highest BCUT2D eigenvalue weighted by Gasteiger charge is 2.30. The van der Waals surface area contributed by atoms with Gasteiger partial charge in [-0.1, -0.05) is 23.2 Å². The second-order valence-electron chi connectivity index (χ2n) is 4.55. The van der Waals surface area contributed by atoms with Crippen LogP contribution in [0.5, 0.6) is 0 Å². The first-order valence-electron chi connectivity index (χ1n) is 5.71. The normalized spacial score (nSPS) is 17.5. The van der Waals surface area contributed by atoms with Gasteiger partial charge in [-0.25, -0.2) is 17.5 Å². The van der Waals surface area contributed by atoms with Crippen molar-refractivity contribution in [2.75, 3.05) is 6.54 Å². The molecule has 1 fully saturated rings. The van der Waals surface area contributed by atoms with Crippen LogP contribution in [0, 0.1) is 11.7 Å². The van der Waals surface area contributed by atoms with Gasteiger partial charge >= 0.3 is 0 Å². The van der Waals surface area contributed by atoms with E-state index < -0.39 is 15.8 Å². The second kappa shape index (κ2) is 5.54. The molecule has 1 aromatic rings. The van der Waals surface area contributed by atoms with Crippen LogP contribution in [-0.2, 0) is 10.0 Å². The predicted molar refractivity (Wildman–Crippen MR) is 72.3 cm³/mol. The molecule has 1 aliphatic carbocycles. The van der Waals surface area contributed by atoms with Crippen LogP contribution in [0.1, 0.15) is 12.8 Å². The molecule has 106 valence electrons. The third kappa shape index (κ3) is 3.58. The quantitative estimate of drug-likeness (QED) is 0.870. The smallest absolute Gasteiger partial charge is 0.243 e. The Bertz CT molecular complexity index is 567. The monoisotopic (exact) mass is 326 g/mol. The summed E-state index contributed by atoms with van der Waals surface area (Å²) in [7, 11) is -3.90. The van der Waals surface area contributed by atoms with E-state index in [1.807, 2.05) is 0 Å². The summed E-state index contributed by atoms with van der Waals surface area (Å²) in [5, 5.41) is -0.505. The van der Waals surface area contributed by atoms with Crippen LogP contribution in [0.3, 0.4) is 0 Å². The largest absolute Gasteiger partial charge is 0.326 e. The summed E-state index contributed by atoms with van der Waals surface area (Å²) in [5.41, 5.74) is 5.81. The van der Waals surface area contributed by atoms with Crippen LogP contribution in [0.25, 0.3) is 0 Å². The predicted octanol–water partition coefficient (Wildman–Crippen LogP) is 2.15. The summed E-state index contributed by atoms with van der Waals surface area (Å²) in [6.45, 7) is 0.108. The fourth-order valence-electron chi connectivity index (χ4n) is 1.75. The minimum atomic E-state index is -3.90. The molecule has 8 heteroatoms. The number of hydrogen-bond acceptors (Lipinski definition) is 3. The van der Waals surface area contributed by atoms with E-state index in [4.69, 9.17) is 28.9 Å².